The highest BCUT2D eigenvalue weighted by Crippen LogP contribution is 2.29. The molecule has 1 saturated heterocycles. The first-order chi connectivity index (χ1) is 14.0. The number of likely N-dealkylation sites (tertiary alicyclic amines) is 1. The van der Waals surface area contributed by atoms with Crippen molar-refractivity contribution < 1.29 is 14.4 Å². The lowest BCUT2D eigenvalue weighted by atomic mass is 10.0. The van der Waals surface area contributed by atoms with E-state index in [1.807, 2.05) is 37.3 Å². The van der Waals surface area contributed by atoms with E-state index in [1.165, 1.54) is 0 Å². The lowest BCUT2D eigenvalue weighted by Gasteiger charge is -2.32. The molecule has 0 radical (unpaired) electrons. The van der Waals surface area contributed by atoms with Gasteiger partial charge in [0.05, 0.1) is 22.6 Å². The largest absolute Gasteiger partial charge is 0.353 e. The van der Waals surface area contributed by atoms with Gasteiger partial charge in [0.25, 0.3) is 11.7 Å². The zero-order valence-electron chi connectivity index (χ0n) is 16.9. The molecule has 0 unspecified atom stereocenters. The van der Waals surface area contributed by atoms with Gasteiger partial charge in [0.2, 0.25) is 5.91 Å². The molecule has 29 heavy (non-hydrogen) atoms. The minimum absolute atomic E-state index is 0.0894. The van der Waals surface area contributed by atoms with Gasteiger partial charge in [-0.2, -0.15) is 5.10 Å². The SMILES string of the molecule is Cc1nn(-c2ccccc2)c(C)c1C(=O)C(=O)N1CCC(NC(=O)C2CC2)CC1. The van der Waals surface area contributed by atoms with Gasteiger partial charge in [-0.3, -0.25) is 14.4 Å². The molecule has 2 aliphatic rings. The first-order valence-corrected chi connectivity index (χ1v) is 10.2. The van der Waals surface area contributed by atoms with Crippen molar-refractivity contribution in [3.8, 4) is 5.69 Å². The van der Waals surface area contributed by atoms with Crippen molar-refractivity contribution in [2.75, 3.05) is 13.1 Å². The van der Waals surface area contributed by atoms with E-state index in [9.17, 15) is 14.4 Å². The number of benzene rings is 1. The lowest BCUT2D eigenvalue weighted by Crippen LogP contribution is -2.48. The average Bonchev–Trinajstić information content (AvgIpc) is 3.54. The van der Waals surface area contributed by atoms with E-state index in [0.717, 1.165) is 18.5 Å². The molecular weight excluding hydrogens is 368 g/mol. The van der Waals surface area contributed by atoms with Crippen LogP contribution in [0.4, 0.5) is 0 Å². The number of carbonyl (C=O) groups is 3. The molecule has 4 rings (SSSR count). The number of aromatic nitrogens is 2. The molecule has 1 aliphatic heterocycles. The number of hydrogen-bond donors (Lipinski definition) is 1. The molecule has 0 atom stereocenters. The van der Waals surface area contributed by atoms with Gasteiger partial charge in [-0.1, -0.05) is 18.2 Å². The van der Waals surface area contributed by atoms with E-state index >= 15 is 0 Å². The normalized spacial score (nSPS) is 17.2. The monoisotopic (exact) mass is 394 g/mol. The Labute approximate surface area is 170 Å². The Balaban J connectivity index is 1.43. The van der Waals surface area contributed by atoms with E-state index in [4.69, 9.17) is 0 Å². The van der Waals surface area contributed by atoms with Gasteiger partial charge >= 0.3 is 0 Å². The molecular formula is C22H26N4O3. The van der Waals surface area contributed by atoms with Crippen LogP contribution in [0.15, 0.2) is 30.3 Å². The molecule has 152 valence electrons. The fraction of sp³-hybridized carbons (Fsp3) is 0.455. The maximum atomic E-state index is 13.0. The van der Waals surface area contributed by atoms with Gasteiger partial charge in [0.15, 0.2) is 0 Å². The van der Waals surface area contributed by atoms with Crippen molar-refractivity contribution in [2.24, 2.45) is 5.92 Å². The maximum absolute atomic E-state index is 13.0. The number of para-hydroxylation sites is 1. The van der Waals surface area contributed by atoms with Crippen LogP contribution >= 0.6 is 0 Å². The van der Waals surface area contributed by atoms with Crippen molar-refractivity contribution in [3.05, 3.63) is 47.3 Å². The highest BCUT2D eigenvalue weighted by atomic mass is 16.2. The minimum atomic E-state index is -0.511. The van der Waals surface area contributed by atoms with Crippen LogP contribution in [0.3, 0.4) is 0 Å². The predicted molar refractivity (Wildman–Crippen MR) is 108 cm³/mol. The van der Waals surface area contributed by atoms with Gasteiger partial charge in [-0.15, -0.1) is 0 Å². The maximum Gasteiger partial charge on any atom is 0.295 e. The molecule has 2 aromatic rings. The third-order valence-electron chi connectivity index (χ3n) is 5.79. The van der Waals surface area contributed by atoms with E-state index < -0.39 is 11.7 Å². The van der Waals surface area contributed by atoms with Gasteiger partial charge in [0, 0.05) is 25.0 Å². The standard InChI is InChI=1S/C22H26N4O3/c1-14-19(15(2)26(24-14)18-6-4-3-5-7-18)20(27)22(29)25-12-10-17(11-13-25)23-21(28)16-8-9-16/h3-7,16-17H,8-13H2,1-2H3,(H,23,28). The molecule has 2 heterocycles. The molecule has 1 N–H and O–H groups in total. The Bertz CT molecular complexity index is 938. The highest BCUT2D eigenvalue weighted by molar-refractivity contribution is 6.43. The number of ketones is 1. The number of carbonyl (C=O) groups excluding carboxylic acids is 3. The Kier molecular flexibility index (Phi) is 5.22. The molecule has 7 heteroatoms. The third kappa shape index (κ3) is 3.95. The van der Waals surface area contributed by atoms with Crippen LogP contribution in [0.1, 0.15) is 47.4 Å². The Morgan fingerprint density at radius 3 is 2.28 bits per heavy atom. The zero-order chi connectivity index (χ0) is 20.5. The molecule has 0 bridgehead atoms. The van der Waals surface area contributed by atoms with Crippen LogP contribution in [0, 0.1) is 19.8 Å². The van der Waals surface area contributed by atoms with Crippen LogP contribution in [-0.2, 0) is 9.59 Å². The molecule has 1 aliphatic carbocycles. The molecule has 0 spiro atoms. The minimum Gasteiger partial charge on any atom is -0.353 e. The first kappa shape index (κ1) is 19.4. The summed E-state index contributed by atoms with van der Waals surface area (Å²) in [5.41, 5.74) is 2.45. The van der Waals surface area contributed by atoms with E-state index in [0.29, 0.717) is 42.9 Å². The van der Waals surface area contributed by atoms with Crippen molar-refractivity contribution in [3.63, 3.8) is 0 Å². The predicted octanol–water partition coefficient (Wildman–Crippen LogP) is 2.19. The topological polar surface area (TPSA) is 84.3 Å². The number of aryl methyl sites for hydroxylation is 1. The summed E-state index contributed by atoms with van der Waals surface area (Å²) in [5, 5.41) is 7.54. The van der Waals surface area contributed by atoms with Crippen LogP contribution in [0.2, 0.25) is 0 Å². The van der Waals surface area contributed by atoms with Gasteiger partial charge < -0.3 is 10.2 Å². The molecule has 7 nitrogen and oxygen atoms in total. The quantitative estimate of drug-likeness (QED) is 0.622. The fourth-order valence-electron chi connectivity index (χ4n) is 3.93. The van der Waals surface area contributed by atoms with Crippen molar-refractivity contribution in [1.82, 2.24) is 20.0 Å². The van der Waals surface area contributed by atoms with Crippen LogP contribution in [0.25, 0.3) is 5.69 Å². The second-order valence-corrected chi connectivity index (χ2v) is 7.97. The van der Waals surface area contributed by atoms with Crippen LogP contribution < -0.4 is 5.32 Å². The van der Waals surface area contributed by atoms with Gasteiger partial charge in [-0.25, -0.2) is 4.68 Å². The number of amides is 2. The first-order valence-electron chi connectivity index (χ1n) is 10.2. The number of hydrogen-bond acceptors (Lipinski definition) is 4. The molecule has 1 aromatic carbocycles. The zero-order valence-corrected chi connectivity index (χ0v) is 16.9. The number of Topliss-reactive ketones (excluding diaryl/α,β-unsaturated/α-hetero) is 1. The Morgan fingerprint density at radius 2 is 1.66 bits per heavy atom. The summed E-state index contributed by atoms with van der Waals surface area (Å²) in [6.07, 6.45) is 3.32. The molecule has 2 amide bonds. The van der Waals surface area contributed by atoms with Crippen LogP contribution in [0.5, 0.6) is 0 Å². The summed E-state index contributed by atoms with van der Waals surface area (Å²) < 4.78 is 1.70. The lowest BCUT2D eigenvalue weighted by molar-refractivity contribution is -0.127. The second kappa shape index (κ2) is 7.81. The van der Waals surface area contributed by atoms with Gasteiger partial charge in [-0.05, 0) is 51.7 Å². The van der Waals surface area contributed by atoms with E-state index in [2.05, 4.69) is 10.4 Å². The molecule has 2 fully saturated rings. The van der Waals surface area contributed by atoms with Crippen molar-refractivity contribution in [1.29, 1.82) is 0 Å². The number of piperidine rings is 1. The number of rotatable bonds is 5. The highest BCUT2D eigenvalue weighted by Gasteiger charge is 2.34. The fourth-order valence-corrected chi connectivity index (χ4v) is 3.93. The van der Waals surface area contributed by atoms with E-state index in [1.54, 1.807) is 16.5 Å². The summed E-state index contributed by atoms with van der Waals surface area (Å²) in [7, 11) is 0. The summed E-state index contributed by atoms with van der Waals surface area (Å²) in [5.74, 6) is -0.688. The van der Waals surface area contributed by atoms with Gasteiger partial charge in [0.1, 0.15) is 0 Å². The smallest absolute Gasteiger partial charge is 0.295 e. The number of nitrogens with one attached hydrogen (secondary N) is 1. The second-order valence-electron chi connectivity index (χ2n) is 7.97. The van der Waals surface area contributed by atoms with Crippen molar-refractivity contribution >= 4 is 17.6 Å². The van der Waals surface area contributed by atoms with E-state index in [-0.39, 0.29) is 17.9 Å². The molecule has 1 saturated carbocycles. The Morgan fingerprint density at radius 1 is 1.00 bits per heavy atom. The Hall–Kier alpha value is -2.96. The number of nitrogens with zero attached hydrogens (tertiary/aromatic N) is 3. The summed E-state index contributed by atoms with van der Waals surface area (Å²) in [6, 6.07) is 9.65. The summed E-state index contributed by atoms with van der Waals surface area (Å²) in [6.45, 7) is 4.52. The summed E-state index contributed by atoms with van der Waals surface area (Å²) in [4.78, 5) is 39.3. The molecule has 1 aromatic heterocycles. The third-order valence-corrected chi connectivity index (χ3v) is 5.79. The average molecular weight is 394 g/mol. The summed E-state index contributed by atoms with van der Waals surface area (Å²) >= 11 is 0. The van der Waals surface area contributed by atoms with Crippen molar-refractivity contribution in [2.45, 2.75) is 45.6 Å². The van der Waals surface area contributed by atoms with Crippen LogP contribution in [-0.4, -0.2) is 51.4 Å².